The van der Waals surface area contributed by atoms with E-state index in [1.165, 1.54) is 12.8 Å². The summed E-state index contributed by atoms with van der Waals surface area (Å²) >= 11 is 0. The maximum Gasteiger partial charge on any atom is 0.0304 e. The van der Waals surface area contributed by atoms with Crippen molar-refractivity contribution >= 4 is 12.4 Å². The molecule has 0 amide bonds. The second-order valence-corrected chi connectivity index (χ2v) is 3.60. The van der Waals surface area contributed by atoms with Gasteiger partial charge in [-0.05, 0) is 36.3 Å². The third-order valence-electron chi connectivity index (χ3n) is 2.99. The van der Waals surface area contributed by atoms with Crippen molar-refractivity contribution in [2.24, 2.45) is 16.4 Å². The summed E-state index contributed by atoms with van der Waals surface area (Å²) in [5.74, 6) is 0.610. The molecule has 1 unspecified atom stereocenters. The van der Waals surface area contributed by atoms with Gasteiger partial charge in [-0.1, -0.05) is 5.11 Å². The largest absolute Gasteiger partial charge is 0.316 e. The summed E-state index contributed by atoms with van der Waals surface area (Å²) in [6, 6.07) is 0. The molecule has 2 rings (SSSR count). The predicted octanol–water partition coefficient (Wildman–Crippen LogP) is 1.72. The zero-order valence-corrected chi connectivity index (χ0v) is 7.68. The Bertz CT molecular complexity index is 207. The molecule has 0 radical (unpaired) electrons. The molecule has 5 heteroatoms. The molecule has 1 spiro atoms. The van der Waals surface area contributed by atoms with Gasteiger partial charge < -0.3 is 5.32 Å². The van der Waals surface area contributed by atoms with Gasteiger partial charge in [0.1, 0.15) is 0 Å². The lowest BCUT2D eigenvalue weighted by Crippen LogP contribution is -2.15. The van der Waals surface area contributed by atoms with Crippen molar-refractivity contribution in [3.05, 3.63) is 10.4 Å². The van der Waals surface area contributed by atoms with Crippen LogP contribution in [0.15, 0.2) is 5.11 Å². The van der Waals surface area contributed by atoms with E-state index in [1.807, 2.05) is 0 Å². The number of rotatable bonds is 2. The van der Waals surface area contributed by atoms with E-state index in [-0.39, 0.29) is 12.4 Å². The molecule has 0 bridgehead atoms. The second-order valence-electron chi connectivity index (χ2n) is 3.60. The number of hydrogen-bond acceptors (Lipinski definition) is 2. The van der Waals surface area contributed by atoms with E-state index >= 15 is 0 Å². The Balaban J connectivity index is 0.000000720. The molecule has 4 nitrogen and oxygen atoms in total. The van der Waals surface area contributed by atoms with Crippen LogP contribution in [-0.2, 0) is 0 Å². The fraction of sp³-hybridized carbons (Fsp3) is 1.00. The third-order valence-corrected chi connectivity index (χ3v) is 2.99. The van der Waals surface area contributed by atoms with E-state index in [0.29, 0.717) is 17.9 Å². The van der Waals surface area contributed by atoms with E-state index < -0.39 is 0 Å². The van der Waals surface area contributed by atoms with E-state index in [2.05, 4.69) is 15.3 Å². The molecule has 2 fully saturated rings. The minimum Gasteiger partial charge on any atom is -0.316 e. The average molecular weight is 189 g/mol. The van der Waals surface area contributed by atoms with Crippen molar-refractivity contribution in [3.63, 3.8) is 0 Å². The second kappa shape index (κ2) is 3.52. The van der Waals surface area contributed by atoms with Crippen molar-refractivity contribution in [2.45, 2.75) is 12.8 Å². The van der Waals surface area contributed by atoms with Crippen LogP contribution < -0.4 is 5.32 Å². The Morgan fingerprint density at radius 3 is 2.92 bits per heavy atom. The third kappa shape index (κ3) is 1.51. The molecule has 1 heterocycles. The van der Waals surface area contributed by atoms with Crippen LogP contribution in [0, 0.1) is 11.3 Å². The van der Waals surface area contributed by atoms with Crippen LogP contribution >= 0.6 is 12.4 Å². The van der Waals surface area contributed by atoms with E-state index in [4.69, 9.17) is 5.53 Å². The van der Waals surface area contributed by atoms with Crippen molar-refractivity contribution < 1.29 is 0 Å². The predicted molar refractivity (Wildman–Crippen MR) is 49.3 cm³/mol. The van der Waals surface area contributed by atoms with Gasteiger partial charge in [0.05, 0.1) is 0 Å². The van der Waals surface area contributed by atoms with Gasteiger partial charge in [0.15, 0.2) is 0 Å². The molecule has 68 valence electrons. The Hall–Kier alpha value is -0.440. The topological polar surface area (TPSA) is 60.8 Å². The smallest absolute Gasteiger partial charge is 0.0304 e. The molecule has 0 aromatic rings. The van der Waals surface area contributed by atoms with Gasteiger partial charge in [0, 0.05) is 18.0 Å². The zero-order valence-electron chi connectivity index (χ0n) is 6.86. The number of hydrogen-bond donors (Lipinski definition) is 1. The van der Waals surface area contributed by atoms with Gasteiger partial charge in [0.2, 0.25) is 0 Å². The van der Waals surface area contributed by atoms with Gasteiger partial charge in [-0.2, -0.15) is 0 Å². The fourth-order valence-electron chi connectivity index (χ4n) is 2.00. The van der Waals surface area contributed by atoms with Gasteiger partial charge in [0.25, 0.3) is 0 Å². The fourth-order valence-corrected chi connectivity index (χ4v) is 2.00. The first-order valence-electron chi connectivity index (χ1n) is 4.09. The maximum atomic E-state index is 8.16. The minimum absolute atomic E-state index is 0. The zero-order chi connectivity index (χ0) is 7.73. The lowest BCUT2D eigenvalue weighted by Gasteiger charge is -2.12. The van der Waals surface area contributed by atoms with Crippen LogP contribution in [0.2, 0.25) is 0 Å². The van der Waals surface area contributed by atoms with Crippen molar-refractivity contribution in [1.29, 1.82) is 0 Å². The highest BCUT2D eigenvalue weighted by atomic mass is 35.5. The molecule has 0 aromatic heterocycles. The summed E-state index contributed by atoms with van der Waals surface area (Å²) in [4.78, 5) is 2.79. The van der Waals surface area contributed by atoms with Crippen LogP contribution in [0.1, 0.15) is 12.8 Å². The Morgan fingerprint density at radius 1 is 1.58 bits per heavy atom. The van der Waals surface area contributed by atoms with E-state index in [1.54, 1.807) is 0 Å². The summed E-state index contributed by atoms with van der Waals surface area (Å²) in [6.45, 7) is 2.86. The average Bonchev–Trinajstić information content (AvgIpc) is 2.64. The van der Waals surface area contributed by atoms with Gasteiger partial charge in [-0.3, -0.25) is 0 Å². The summed E-state index contributed by atoms with van der Waals surface area (Å²) in [5.41, 5.74) is 8.69. The molecule has 1 saturated carbocycles. The van der Waals surface area contributed by atoms with Crippen LogP contribution in [0.25, 0.3) is 10.4 Å². The van der Waals surface area contributed by atoms with Crippen molar-refractivity contribution in [2.75, 3.05) is 19.6 Å². The molecule has 1 atom stereocenters. The first-order chi connectivity index (χ1) is 5.37. The summed E-state index contributed by atoms with van der Waals surface area (Å²) in [7, 11) is 0. The van der Waals surface area contributed by atoms with Crippen molar-refractivity contribution in [1.82, 2.24) is 5.32 Å². The van der Waals surface area contributed by atoms with Crippen LogP contribution in [0.4, 0.5) is 0 Å². The molecular formula is C7H13ClN4. The standard InChI is InChI=1S/C7H12N4.ClH/c8-11-10-4-6-3-9-5-7(6)1-2-7;/h6,9H,1-5H2;1H. The normalized spacial score (nSPS) is 29.2. The quantitative estimate of drug-likeness (QED) is 0.400. The number of azide groups is 1. The van der Waals surface area contributed by atoms with Crippen LogP contribution in [0.5, 0.6) is 0 Å². The Morgan fingerprint density at radius 2 is 2.33 bits per heavy atom. The highest BCUT2D eigenvalue weighted by Crippen LogP contribution is 2.53. The minimum atomic E-state index is 0. The van der Waals surface area contributed by atoms with Crippen molar-refractivity contribution in [3.8, 4) is 0 Å². The van der Waals surface area contributed by atoms with E-state index in [0.717, 1.165) is 13.1 Å². The lowest BCUT2D eigenvalue weighted by atomic mass is 9.93. The van der Waals surface area contributed by atoms with Gasteiger partial charge in [-0.25, -0.2) is 0 Å². The summed E-state index contributed by atoms with van der Waals surface area (Å²) in [5, 5.41) is 6.98. The maximum absolute atomic E-state index is 8.16. The van der Waals surface area contributed by atoms with Crippen LogP contribution in [0.3, 0.4) is 0 Å². The van der Waals surface area contributed by atoms with Gasteiger partial charge in [-0.15, -0.1) is 12.4 Å². The molecule has 2 aliphatic rings. The molecule has 0 aromatic carbocycles. The Kier molecular flexibility index (Phi) is 2.83. The number of halogens is 1. The Labute approximate surface area is 77.8 Å². The molecule has 1 N–H and O–H groups in total. The highest BCUT2D eigenvalue weighted by Gasteiger charge is 2.51. The number of nitrogens with zero attached hydrogens (tertiary/aromatic N) is 3. The molecular weight excluding hydrogens is 176 g/mol. The monoisotopic (exact) mass is 188 g/mol. The molecule has 1 aliphatic carbocycles. The molecule has 1 saturated heterocycles. The number of nitrogens with one attached hydrogen (secondary N) is 1. The SMILES string of the molecule is Cl.[N-]=[N+]=NCC1CNCC12CC2. The highest BCUT2D eigenvalue weighted by molar-refractivity contribution is 5.85. The summed E-state index contributed by atoms with van der Waals surface area (Å²) in [6.07, 6.45) is 2.65. The first kappa shape index (κ1) is 9.65. The van der Waals surface area contributed by atoms with Crippen LogP contribution in [-0.4, -0.2) is 19.6 Å². The summed E-state index contributed by atoms with van der Waals surface area (Å²) < 4.78 is 0. The molecule has 12 heavy (non-hydrogen) atoms. The first-order valence-corrected chi connectivity index (χ1v) is 4.09. The van der Waals surface area contributed by atoms with Gasteiger partial charge >= 0.3 is 0 Å². The van der Waals surface area contributed by atoms with E-state index in [9.17, 15) is 0 Å². The lowest BCUT2D eigenvalue weighted by molar-refractivity contribution is 0.407. The molecule has 1 aliphatic heterocycles.